The van der Waals surface area contributed by atoms with Gasteiger partial charge in [0.15, 0.2) is 10.7 Å². The standard InChI is InChI=1S/C9H10N2OS/c1-6(2)8(12)7-5-11-3-4-13-9(11)10-7/h3-6H,1-2H3. The van der Waals surface area contributed by atoms with Gasteiger partial charge in [-0.25, -0.2) is 4.98 Å². The van der Waals surface area contributed by atoms with E-state index in [1.807, 2.05) is 29.8 Å². The number of Topliss-reactive ketones (excluding diaryl/α,β-unsaturated/α-hetero) is 1. The summed E-state index contributed by atoms with van der Waals surface area (Å²) in [5.41, 5.74) is 0.571. The predicted molar refractivity (Wildman–Crippen MR) is 52.2 cm³/mol. The van der Waals surface area contributed by atoms with Gasteiger partial charge in [0.1, 0.15) is 5.69 Å². The fraction of sp³-hybridized carbons (Fsp3) is 0.333. The van der Waals surface area contributed by atoms with Gasteiger partial charge in [0.05, 0.1) is 0 Å². The van der Waals surface area contributed by atoms with Crippen LogP contribution in [0.1, 0.15) is 24.3 Å². The summed E-state index contributed by atoms with van der Waals surface area (Å²) in [5.74, 6) is 0.125. The van der Waals surface area contributed by atoms with Crippen molar-refractivity contribution < 1.29 is 4.79 Å². The molecule has 0 N–H and O–H groups in total. The zero-order chi connectivity index (χ0) is 9.42. The van der Waals surface area contributed by atoms with E-state index in [-0.39, 0.29) is 11.7 Å². The molecule has 0 aromatic carbocycles. The lowest BCUT2D eigenvalue weighted by atomic mass is 10.1. The Kier molecular flexibility index (Phi) is 1.92. The van der Waals surface area contributed by atoms with Crippen molar-refractivity contribution in [3.05, 3.63) is 23.5 Å². The molecule has 4 heteroatoms. The molecule has 0 amide bonds. The van der Waals surface area contributed by atoms with Gasteiger partial charge >= 0.3 is 0 Å². The van der Waals surface area contributed by atoms with Crippen LogP contribution in [-0.2, 0) is 0 Å². The van der Waals surface area contributed by atoms with Gasteiger partial charge in [-0.3, -0.25) is 9.20 Å². The molecule has 2 aromatic heterocycles. The van der Waals surface area contributed by atoms with Crippen molar-refractivity contribution in [1.82, 2.24) is 9.38 Å². The van der Waals surface area contributed by atoms with Gasteiger partial charge in [-0.1, -0.05) is 13.8 Å². The lowest BCUT2D eigenvalue weighted by Gasteiger charge is -1.97. The molecule has 0 aliphatic heterocycles. The molecule has 0 aliphatic rings. The first-order valence-electron chi connectivity index (χ1n) is 4.15. The van der Waals surface area contributed by atoms with Gasteiger partial charge in [-0.05, 0) is 0 Å². The Balaban J connectivity index is 2.45. The minimum absolute atomic E-state index is 0.0182. The molecule has 2 aromatic rings. The molecule has 0 spiro atoms. The van der Waals surface area contributed by atoms with Gasteiger partial charge < -0.3 is 0 Å². The van der Waals surface area contributed by atoms with Crippen LogP contribution in [-0.4, -0.2) is 15.2 Å². The molecule has 13 heavy (non-hydrogen) atoms. The van der Waals surface area contributed by atoms with Crippen LogP contribution in [0.3, 0.4) is 0 Å². The molecule has 0 aliphatic carbocycles. The smallest absolute Gasteiger partial charge is 0.194 e. The molecular formula is C9H10N2OS. The first kappa shape index (κ1) is 8.44. The molecule has 0 fully saturated rings. The number of imidazole rings is 1. The Hall–Kier alpha value is -1.16. The van der Waals surface area contributed by atoms with Crippen LogP contribution < -0.4 is 0 Å². The first-order chi connectivity index (χ1) is 6.18. The SMILES string of the molecule is CC(C)C(=O)c1cn2ccsc2n1. The van der Waals surface area contributed by atoms with Crippen LogP contribution in [0.15, 0.2) is 17.8 Å². The highest BCUT2D eigenvalue weighted by Gasteiger charge is 2.14. The monoisotopic (exact) mass is 194 g/mol. The Morgan fingerprint density at radius 1 is 1.62 bits per heavy atom. The van der Waals surface area contributed by atoms with Crippen LogP contribution in [0.2, 0.25) is 0 Å². The second kappa shape index (κ2) is 2.96. The fourth-order valence-electron chi connectivity index (χ4n) is 1.14. The summed E-state index contributed by atoms with van der Waals surface area (Å²) in [5, 5.41) is 1.95. The molecule has 0 bridgehead atoms. The van der Waals surface area contributed by atoms with E-state index in [2.05, 4.69) is 4.98 Å². The van der Waals surface area contributed by atoms with Crippen molar-refractivity contribution in [1.29, 1.82) is 0 Å². The third kappa shape index (κ3) is 1.37. The van der Waals surface area contributed by atoms with Crippen molar-refractivity contribution in [2.45, 2.75) is 13.8 Å². The van der Waals surface area contributed by atoms with E-state index in [0.29, 0.717) is 5.69 Å². The number of aromatic nitrogens is 2. The van der Waals surface area contributed by atoms with Crippen molar-refractivity contribution in [3.63, 3.8) is 0 Å². The van der Waals surface area contributed by atoms with Gasteiger partial charge in [0.25, 0.3) is 0 Å². The summed E-state index contributed by atoms with van der Waals surface area (Å²) in [7, 11) is 0. The van der Waals surface area contributed by atoms with E-state index in [1.165, 1.54) is 11.3 Å². The van der Waals surface area contributed by atoms with Crippen molar-refractivity contribution >= 4 is 22.1 Å². The molecule has 2 rings (SSSR count). The molecular weight excluding hydrogens is 184 g/mol. The summed E-state index contributed by atoms with van der Waals surface area (Å²) in [6.45, 7) is 3.77. The quantitative estimate of drug-likeness (QED) is 0.687. The Bertz CT molecular complexity index is 413. The molecule has 68 valence electrons. The molecule has 0 saturated carbocycles. The summed E-state index contributed by atoms with van der Waals surface area (Å²) in [6, 6.07) is 0. The summed E-state index contributed by atoms with van der Waals surface area (Å²) in [6.07, 6.45) is 3.69. The summed E-state index contributed by atoms with van der Waals surface area (Å²) < 4.78 is 1.88. The summed E-state index contributed by atoms with van der Waals surface area (Å²) >= 11 is 1.54. The lowest BCUT2D eigenvalue weighted by molar-refractivity contribution is 0.0935. The number of thiazole rings is 1. The average Bonchev–Trinajstić information content (AvgIpc) is 2.59. The number of fused-ring (bicyclic) bond motifs is 1. The van der Waals surface area contributed by atoms with Crippen LogP contribution in [0.25, 0.3) is 4.96 Å². The molecule has 0 radical (unpaired) electrons. The first-order valence-corrected chi connectivity index (χ1v) is 5.03. The minimum atomic E-state index is 0.0182. The Labute approximate surface area is 80.0 Å². The molecule has 0 atom stereocenters. The van der Waals surface area contributed by atoms with Gasteiger partial charge in [0.2, 0.25) is 0 Å². The third-order valence-corrected chi connectivity index (χ3v) is 2.64. The van der Waals surface area contributed by atoms with E-state index in [1.54, 1.807) is 6.20 Å². The van der Waals surface area contributed by atoms with Crippen molar-refractivity contribution in [2.75, 3.05) is 0 Å². The van der Waals surface area contributed by atoms with Gasteiger partial charge in [-0.15, -0.1) is 11.3 Å². The largest absolute Gasteiger partial charge is 0.297 e. The number of nitrogens with zero attached hydrogens (tertiary/aromatic N) is 2. The van der Waals surface area contributed by atoms with Gasteiger partial charge in [-0.2, -0.15) is 0 Å². The zero-order valence-corrected chi connectivity index (χ0v) is 8.34. The highest BCUT2D eigenvalue weighted by atomic mass is 32.1. The molecule has 2 heterocycles. The van der Waals surface area contributed by atoms with E-state index in [0.717, 1.165) is 4.96 Å². The Morgan fingerprint density at radius 2 is 2.38 bits per heavy atom. The number of hydrogen-bond acceptors (Lipinski definition) is 3. The van der Waals surface area contributed by atoms with Crippen LogP contribution >= 0.6 is 11.3 Å². The highest BCUT2D eigenvalue weighted by Crippen LogP contribution is 2.13. The van der Waals surface area contributed by atoms with Crippen LogP contribution in [0.5, 0.6) is 0 Å². The third-order valence-electron chi connectivity index (χ3n) is 1.87. The topological polar surface area (TPSA) is 34.4 Å². The van der Waals surface area contributed by atoms with Crippen LogP contribution in [0.4, 0.5) is 0 Å². The minimum Gasteiger partial charge on any atom is -0.297 e. The second-order valence-electron chi connectivity index (χ2n) is 3.24. The fourth-order valence-corrected chi connectivity index (χ4v) is 1.84. The second-order valence-corrected chi connectivity index (χ2v) is 4.11. The predicted octanol–water partition coefficient (Wildman–Crippen LogP) is 2.23. The molecule has 0 saturated heterocycles. The van der Waals surface area contributed by atoms with E-state index in [9.17, 15) is 4.79 Å². The average molecular weight is 194 g/mol. The molecule has 0 unspecified atom stereocenters. The van der Waals surface area contributed by atoms with Crippen LogP contribution in [0, 0.1) is 5.92 Å². The zero-order valence-electron chi connectivity index (χ0n) is 7.52. The van der Waals surface area contributed by atoms with Crippen molar-refractivity contribution in [2.24, 2.45) is 5.92 Å². The maximum atomic E-state index is 11.5. The number of carbonyl (C=O) groups is 1. The number of hydrogen-bond donors (Lipinski definition) is 0. The summed E-state index contributed by atoms with van der Waals surface area (Å²) in [4.78, 5) is 16.6. The lowest BCUT2D eigenvalue weighted by Crippen LogP contribution is -2.07. The van der Waals surface area contributed by atoms with E-state index in [4.69, 9.17) is 0 Å². The van der Waals surface area contributed by atoms with E-state index < -0.39 is 0 Å². The Morgan fingerprint density at radius 3 is 3.00 bits per heavy atom. The number of ketones is 1. The van der Waals surface area contributed by atoms with Crippen molar-refractivity contribution in [3.8, 4) is 0 Å². The normalized spacial score (nSPS) is 11.3. The maximum Gasteiger partial charge on any atom is 0.194 e. The van der Waals surface area contributed by atoms with E-state index >= 15 is 0 Å². The number of carbonyl (C=O) groups excluding carboxylic acids is 1. The van der Waals surface area contributed by atoms with Gasteiger partial charge in [0, 0.05) is 23.7 Å². The maximum absolute atomic E-state index is 11.5. The number of rotatable bonds is 2. The highest BCUT2D eigenvalue weighted by molar-refractivity contribution is 7.15. The molecule has 3 nitrogen and oxygen atoms in total.